The van der Waals surface area contributed by atoms with Gasteiger partial charge in [0.05, 0.1) is 16.3 Å². The fraction of sp³-hybridized carbons (Fsp3) is 0.333. The highest BCUT2D eigenvalue weighted by atomic mass is 32.1. The molecular formula is C18H22N4OS. The Morgan fingerprint density at radius 2 is 2.08 bits per heavy atom. The topological polar surface area (TPSA) is 58.9 Å². The Kier molecular flexibility index (Phi) is 4.97. The fourth-order valence-corrected chi connectivity index (χ4v) is 3.76. The summed E-state index contributed by atoms with van der Waals surface area (Å²) in [7, 11) is 0. The maximum absolute atomic E-state index is 12.4. The molecule has 0 saturated heterocycles. The third kappa shape index (κ3) is 3.34. The predicted molar refractivity (Wildman–Crippen MR) is 99.2 cm³/mol. The van der Waals surface area contributed by atoms with Gasteiger partial charge in [-0.3, -0.25) is 4.79 Å². The Bertz CT molecular complexity index is 837. The smallest absolute Gasteiger partial charge is 0.261 e. The van der Waals surface area contributed by atoms with Crippen molar-refractivity contribution in [2.24, 2.45) is 0 Å². The van der Waals surface area contributed by atoms with Gasteiger partial charge >= 0.3 is 0 Å². The third-order valence-corrected chi connectivity index (χ3v) is 5.00. The predicted octanol–water partition coefficient (Wildman–Crippen LogP) is 3.12. The molecule has 5 nitrogen and oxygen atoms in total. The molecule has 0 radical (unpaired) electrons. The molecule has 24 heavy (non-hydrogen) atoms. The lowest BCUT2D eigenvalue weighted by Crippen LogP contribution is -2.38. The van der Waals surface area contributed by atoms with Crippen molar-refractivity contribution in [1.29, 1.82) is 0 Å². The van der Waals surface area contributed by atoms with Crippen LogP contribution in [0.1, 0.15) is 29.2 Å². The number of rotatable bonds is 6. The molecule has 0 bridgehead atoms. The van der Waals surface area contributed by atoms with Crippen molar-refractivity contribution in [3.05, 3.63) is 47.0 Å². The minimum absolute atomic E-state index is 0.0278. The lowest BCUT2D eigenvalue weighted by atomic mass is 10.3. The van der Waals surface area contributed by atoms with Gasteiger partial charge in [-0.05, 0) is 38.6 Å². The van der Waals surface area contributed by atoms with Crippen LogP contribution in [0.25, 0.3) is 15.9 Å². The van der Waals surface area contributed by atoms with E-state index >= 15 is 0 Å². The molecule has 0 saturated carbocycles. The van der Waals surface area contributed by atoms with Gasteiger partial charge in [-0.2, -0.15) is 5.10 Å². The van der Waals surface area contributed by atoms with Crippen molar-refractivity contribution in [3.63, 3.8) is 0 Å². The molecule has 3 rings (SSSR count). The van der Waals surface area contributed by atoms with Crippen molar-refractivity contribution in [1.82, 2.24) is 20.4 Å². The van der Waals surface area contributed by atoms with Gasteiger partial charge in [0.1, 0.15) is 4.83 Å². The number of carbonyl (C=O) groups excluding carboxylic acids is 1. The molecular weight excluding hydrogens is 320 g/mol. The molecule has 1 aromatic carbocycles. The second kappa shape index (κ2) is 7.15. The van der Waals surface area contributed by atoms with Crippen LogP contribution in [-0.2, 0) is 0 Å². The molecule has 2 heterocycles. The Morgan fingerprint density at radius 3 is 2.79 bits per heavy atom. The van der Waals surface area contributed by atoms with E-state index in [1.807, 2.05) is 48.0 Å². The van der Waals surface area contributed by atoms with Crippen LogP contribution in [0.5, 0.6) is 0 Å². The molecule has 0 spiro atoms. The first kappa shape index (κ1) is 16.7. The molecule has 1 atom stereocenters. The maximum atomic E-state index is 12.4. The van der Waals surface area contributed by atoms with Gasteiger partial charge in [-0.1, -0.05) is 25.1 Å². The van der Waals surface area contributed by atoms with Crippen molar-refractivity contribution >= 4 is 27.5 Å². The molecule has 0 aliphatic carbocycles. The molecule has 0 fully saturated rings. The van der Waals surface area contributed by atoms with Crippen molar-refractivity contribution < 1.29 is 4.79 Å². The largest absolute Gasteiger partial charge is 0.350 e. The lowest BCUT2D eigenvalue weighted by Gasteiger charge is -2.12. The van der Waals surface area contributed by atoms with Crippen LogP contribution >= 0.6 is 11.3 Å². The van der Waals surface area contributed by atoms with Crippen LogP contribution < -0.4 is 10.6 Å². The van der Waals surface area contributed by atoms with E-state index in [9.17, 15) is 4.79 Å². The molecule has 2 aromatic heterocycles. The van der Waals surface area contributed by atoms with Crippen LogP contribution in [0.4, 0.5) is 0 Å². The number of aromatic nitrogens is 2. The highest BCUT2D eigenvalue weighted by molar-refractivity contribution is 7.20. The second-order valence-corrected chi connectivity index (χ2v) is 6.86. The molecule has 2 N–H and O–H groups in total. The quantitative estimate of drug-likeness (QED) is 0.723. The van der Waals surface area contributed by atoms with E-state index in [4.69, 9.17) is 0 Å². The number of para-hydroxylation sites is 1. The Labute approximate surface area is 145 Å². The van der Waals surface area contributed by atoms with E-state index in [0.29, 0.717) is 6.54 Å². The molecule has 126 valence electrons. The maximum Gasteiger partial charge on any atom is 0.261 e. The first-order valence-corrected chi connectivity index (χ1v) is 8.98. The summed E-state index contributed by atoms with van der Waals surface area (Å²) in [6.45, 7) is 7.61. The normalized spacial score (nSPS) is 12.5. The number of thiophene rings is 1. The third-order valence-electron chi connectivity index (χ3n) is 3.89. The molecule has 0 aliphatic rings. The molecule has 0 aliphatic heterocycles. The van der Waals surface area contributed by atoms with Crippen molar-refractivity contribution in [2.45, 2.75) is 26.8 Å². The number of amides is 1. The summed E-state index contributed by atoms with van der Waals surface area (Å²) < 4.78 is 1.91. The number of hydrogen-bond acceptors (Lipinski definition) is 4. The lowest BCUT2D eigenvalue weighted by molar-refractivity contribution is 0.0954. The van der Waals surface area contributed by atoms with E-state index < -0.39 is 0 Å². The summed E-state index contributed by atoms with van der Waals surface area (Å²) in [5.41, 5.74) is 1.94. The average Bonchev–Trinajstić information content (AvgIpc) is 3.15. The molecule has 6 heteroatoms. The van der Waals surface area contributed by atoms with E-state index in [2.05, 4.69) is 29.6 Å². The Morgan fingerprint density at radius 1 is 1.33 bits per heavy atom. The molecule has 0 unspecified atom stereocenters. The summed E-state index contributed by atoms with van der Waals surface area (Å²) >= 11 is 1.48. The van der Waals surface area contributed by atoms with Gasteiger partial charge in [0, 0.05) is 18.0 Å². The Balaban J connectivity index is 1.85. The first-order chi connectivity index (χ1) is 11.6. The second-order valence-electron chi connectivity index (χ2n) is 5.83. The monoisotopic (exact) mass is 342 g/mol. The van der Waals surface area contributed by atoms with Crippen molar-refractivity contribution in [3.8, 4) is 5.69 Å². The standard InChI is InChI=1S/C18H22N4OS/c1-4-19-12(2)11-20-17(23)16-10-15-13(3)21-22(18(15)24-16)14-8-6-5-7-9-14/h5-10,12,19H,4,11H2,1-3H3,(H,20,23)/t12-/m1/s1. The Hall–Kier alpha value is -2.18. The van der Waals surface area contributed by atoms with E-state index in [0.717, 1.165) is 33.0 Å². The summed E-state index contributed by atoms with van der Waals surface area (Å²) in [6, 6.07) is 12.2. The molecule has 3 aromatic rings. The van der Waals surface area contributed by atoms with Gasteiger partial charge in [0.2, 0.25) is 0 Å². The van der Waals surface area contributed by atoms with Gasteiger partial charge in [0.25, 0.3) is 5.91 Å². The number of nitrogens with zero attached hydrogens (tertiary/aromatic N) is 2. The van der Waals surface area contributed by atoms with Crippen LogP contribution in [0.2, 0.25) is 0 Å². The zero-order chi connectivity index (χ0) is 17.1. The highest BCUT2D eigenvalue weighted by Gasteiger charge is 2.17. The van der Waals surface area contributed by atoms with Crippen LogP contribution in [0, 0.1) is 6.92 Å². The van der Waals surface area contributed by atoms with Crippen LogP contribution in [0.15, 0.2) is 36.4 Å². The zero-order valence-corrected chi connectivity index (χ0v) is 15.0. The number of likely N-dealkylation sites (N-methyl/N-ethyl adjacent to an activating group) is 1. The summed E-state index contributed by atoms with van der Waals surface area (Å²) in [6.07, 6.45) is 0. The first-order valence-electron chi connectivity index (χ1n) is 8.16. The number of hydrogen-bond donors (Lipinski definition) is 2. The van der Waals surface area contributed by atoms with Gasteiger partial charge in [0.15, 0.2) is 0 Å². The van der Waals surface area contributed by atoms with E-state index in [1.54, 1.807) is 0 Å². The minimum atomic E-state index is -0.0278. The zero-order valence-electron chi connectivity index (χ0n) is 14.2. The van der Waals surface area contributed by atoms with E-state index in [1.165, 1.54) is 11.3 Å². The number of nitrogens with one attached hydrogen (secondary N) is 2. The van der Waals surface area contributed by atoms with Crippen LogP contribution in [0.3, 0.4) is 0 Å². The fourth-order valence-electron chi connectivity index (χ4n) is 2.66. The number of carbonyl (C=O) groups is 1. The summed E-state index contributed by atoms with van der Waals surface area (Å²) in [5.74, 6) is -0.0278. The summed E-state index contributed by atoms with van der Waals surface area (Å²) in [4.78, 5) is 14.1. The average molecular weight is 342 g/mol. The SMILES string of the molecule is CCN[C@H](C)CNC(=O)c1cc2c(C)nn(-c3ccccc3)c2s1. The van der Waals surface area contributed by atoms with Crippen LogP contribution in [-0.4, -0.2) is 34.8 Å². The van der Waals surface area contributed by atoms with E-state index in [-0.39, 0.29) is 11.9 Å². The van der Waals surface area contributed by atoms with Gasteiger partial charge in [-0.15, -0.1) is 11.3 Å². The minimum Gasteiger partial charge on any atom is -0.350 e. The summed E-state index contributed by atoms with van der Waals surface area (Å²) in [5, 5.41) is 11.9. The van der Waals surface area contributed by atoms with Gasteiger partial charge in [-0.25, -0.2) is 4.68 Å². The number of aryl methyl sites for hydroxylation is 1. The number of fused-ring (bicyclic) bond motifs is 1. The van der Waals surface area contributed by atoms with Gasteiger partial charge < -0.3 is 10.6 Å². The van der Waals surface area contributed by atoms with Crippen molar-refractivity contribution in [2.75, 3.05) is 13.1 Å². The molecule has 1 amide bonds. The highest BCUT2D eigenvalue weighted by Crippen LogP contribution is 2.30. The number of benzene rings is 1.